The highest BCUT2D eigenvalue weighted by atomic mass is 16.4. The lowest BCUT2D eigenvalue weighted by molar-refractivity contribution is -0.139. The van der Waals surface area contributed by atoms with Crippen LogP contribution >= 0.6 is 0 Å². The van der Waals surface area contributed by atoms with Crippen LogP contribution in [0.5, 0.6) is 0 Å². The first-order valence-electron chi connectivity index (χ1n) is 5.52. The van der Waals surface area contributed by atoms with Crippen molar-refractivity contribution in [2.45, 2.75) is 26.3 Å². The molecule has 0 aliphatic heterocycles. The normalized spacial score (nSPS) is 12.2. The highest BCUT2D eigenvalue weighted by molar-refractivity contribution is 5.98. The first-order valence-corrected chi connectivity index (χ1v) is 5.52. The molecule has 0 aliphatic carbocycles. The molecule has 1 amide bonds. The summed E-state index contributed by atoms with van der Waals surface area (Å²) in [5.74, 6) is -1.59. The Labute approximate surface area is 104 Å². The number of carboxylic acids is 1. The molecule has 98 valence electrons. The molecule has 0 radical (unpaired) electrons. The van der Waals surface area contributed by atoms with Gasteiger partial charge in [0, 0.05) is 12.4 Å². The minimum Gasteiger partial charge on any atom is -0.480 e. The molecule has 0 saturated carbocycles. The van der Waals surface area contributed by atoms with E-state index in [1.165, 1.54) is 12.4 Å². The van der Waals surface area contributed by atoms with E-state index in [2.05, 4.69) is 15.3 Å². The molecule has 4 N–H and O–H groups in total. The molecule has 1 heterocycles. The predicted molar refractivity (Wildman–Crippen MR) is 64.8 cm³/mol. The molecule has 1 rings (SSSR count). The Morgan fingerprint density at radius 2 is 2.00 bits per heavy atom. The van der Waals surface area contributed by atoms with Crippen molar-refractivity contribution in [3.63, 3.8) is 0 Å². The minimum absolute atomic E-state index is 0.0244. The molecule has 0 bridgehead atoms. The summed E-state index contributed by atoms with van der Waals surface area (Å²) in [5, 5.41) is 11.4. The first kappa shape index (κ1) is 13.9. The summed E-state index contributed by atoms with van der Waals surface area (Å²) in [5.41, 5.74) is 5.43. The SMILES string of the molecule is CC(C)CC(NC(=O)c1nccnc1N)C(=O)O. The number of hydrogen-bond acceptors (Lipinski definition) is 5. The number of amides is 1. The van der Waals surface area contributed by atoms with Crippen LogP contribution in [0.3, 0.4) is 0 Å². The number of aromatic nitrogens is 2. The maximum absolute atomic E-state index is 11.8. The molecule has 1 atom stereocenters. The number of nitrogens with one attached hydrogen (secondary N) is 1. The predicted octanol–water partition coefficient (Wildman–Crippen LogP) is 0.288. The highest BCUT2D eigenvalue weighted by Gasteiger charge is 2.23. The fourth-order valence-corrected chi connectivity index (χ4v) is 1.44. The largest absolute Gasteiger partial charge is 0.480 e. The van der Waals surface area contributed by atoms with Crippen LogP contribution in [0.4, 0.5) is 5.82 Å². The van der Waals surface area contributed by atoms with Gasteiger partial charge in [0.1, 0.15) is 6.04 Å². The molecule has 0 aliphatic rings. The summed E-state index contributed by atoms with van der Waals surface area (Å²) in [4.78, 5) is 30.3. The maximum Gasteiger partial charge on any atom is 0.326 e. The van der Waals surface area contributed by atoms with Gasteiger partial charge < -0.3 is 16.2 Å². The van der Waals surface area contributed by atoms with Gasteiger partial charge in [0.25, 0.3) is 5.91 Å². The third-order valence-electron chi connectivity index (χ3n) is 2.25. The van der Waals surface area contributed by atoms with Crippen LogP contribution in [0.1, 0.15) is 30.8 Å². The van der Waals surface area contributed by atoms with E-state index in [1.54, 1.807) is 0 Å². The number of carboxylic acid groups (broad SMARTS) is 1. The Bertz CT molecular complexity index is 448. The summed E-state index contributed by atoms with van der Waals surface area (Å²) in [6.07, 6.45) is 3.01. The first-order chi connectivity index (χ1) is 8.41. The Morgan fingerprint density at radius 3 is 2.50 bits per heavy atom. The topological polar surface area (TPSA) is 118 Å². The second-order valence-corrected chi connectivity index (χ2v) is 4.28. The maximum atomic E-state index is 11.8. The lowest BCUT2D eigenvalue weighted by Gasteiger charge is -2.16. The van der Waals surface area contributed by atoms with Crippen molar-refractivity contribution in [1.82, 2.24) is 15.3 Å². The van der Waals surface area contributed by atoms with Gasteiger partial charge in [-0.25, -0.2) is 14.8 Å². The van der Waals surface area contributed by atoms with Crippen molar-refractivity contribution in [3.8, 4) is 0 Å². The second kappa shape index (κ2) is 5.95. The second-order valence-electron chi connectivity index (χ2n) is 4.28. The quantitative estimate of drug-likeness (QED) is 0.693. The average Bonchev–Trinajstić information content (AvgIpc) is 2.27. The lowest BCUT2D eigenvalue weighted by Crippen LogP contribution is -2.42. The van der Waals surface area contributed by atoms with Gasteiger partial charge in [-0.15, -0.1) is 0 Å². The zero-order valence-electron chi connectivity index (χ0n) is 10.3. The zero-order valence-corrected chi connectivity index (χ0v) is 10.3. The lowest BCUT2D eigenvalue weighted by atomic mass is 10.0. The summed E-state index contributed by atoms with van der Waals surface area (Å²) < 4.78 is 0. The van der Waals surface area contributed by atoms with E-state index in [1.807, 2.05) is 13.8 Å². The Kier molecular flexibility index (Phi) is 4.59. The number of nitrogen functional groups attached to an aromatic ring is 1. The van der Waals surface area contributed by atoms with E-state index in [-0.39, 0.29) is 17.4 Å². The number of nitrogens with zero attached hydrogens (tertiary/aromatic N) is 2. The Balaban J connectivity index is 2.79. The number of hydrogen-bond donors (Lipinski definition) is 3. The van der Waals surface area contributed by atoms with Crippen molar-refractivity contribution in [3.05, 3.63) is 18.1 Å². The third kappa shape index (κ3) is 3.69. The third-order valence-corrected chi connectivity index (χ3v) is 2.25. The monoisotopic (exact) mass is 252 g/mol. The zero-order chi connectivity index (χ0) is 13.7. The Morgan fingerprint density at radius 1 is 1.39 bits per heavy atom. The molecular formula is C11H16N4O3. The van der Waals surface area contributed by atoms with Gasteiger partial charge >= 0.3 is 5.97 Å². The molecule has 1 aromatic rings. The van der Waals surface area contributed by atoms with Gasteiger partial charge in [-0.05, 0) is 12.3 Å². The van der Waals surface area contributed by atoms with Crippen molar-refractivity contribution >= 4 is 17.7 Å². The minimum atomic E-state index is -1.08. The number of rotatable bonds is 5. The fourth-order valence-electron chi connectivity index (χ4n) is 1.44. The molecule has 0 spiro atoms. The van der Waals surface area contributed by atoms with Gasteiger partial charge in [0.05, 0.1) is 0 Å². The van der Waals surface area contributed by atoms with Gasteiger partial charge in [-0.2, -0.15) is 0 Å². The van der Waals surface area contributed by atoms with E-state index in [0.717, 1.165) is 0 Å². The van der Waals surface area contributed by atoms with E-state index in [0.29, 0.717) is 6.42 Å². The number of anilines is 1. The molecule has 7 nitrogen and oxygen atoms in total. The van der Waals surface area contributed by atoms with Gasteiger partial charge in [-0.3, -0.25) is 4.79 Å². The molecule has 7 heteroatoms. The van der Waals surface area contributed by atoms with E-state index in [4.69, 9.17) is 10.8 Å². The fraction of sp³-hybridized carbons (Fsp3) is 0.455. The van der Waals surface area contributed by atoms with Gasteiger partial charge in [0.2, 0.25) is 0 Å². The van der Waals surface area contributed by atoms with Crippen molar-refractivity contribution in [1.29, 1.82) is 0 Å². The molecule has 18 heavy (non-hydrogen) atoms. The van der Waals surface area contributed by atoms with Gasteiger partial charge in [-0.1, -0.05) is 13.8 Å². The molecule has 0 saturated heterocycles. The van der Waals surface area contributed by atoms with Crippen LogP contribution in [0.25, 0.3) is 0 Å². The van der Waals surface area contributed by atoms with Crippen LogP contribution in [-0.4, -0.2) is 33.0 Å². The number of carbonyl (C=O) groups is 2. The van der Waals surface area contributed by atoms with Crippen molar-refractivity contribution in [2.75, 3.05) is 5.73 Å². The summed E-state index contributed by atoms with van der Waals surface area (Å²) in [7, 11) is 0. The molecule has 1 unspecified atom stereocenters. The highest BCUT2D eigenvalue weighted by Crippen LogP contribution is 2.08. The average molecular weight is 252 g/mol. The molecule has 1 aromatic heterocycles. The summed E-state index contributed by atoms with van der Waals surface area (Å²) in [6.45, 7) is 3.75. The molecular weight excluding hydrogens is 236 g/mol. The van der Waals surface area contributed by atoms with Crippen LogP contribution in [0, 0.1) is 5.92 Å². The van der Waals surface area contributed by atoms with Crippen LogP contribution in [-0.2, 0) is 4.79 Å². The van der Waals surface area contributed by atoms with E-state index in [9.17, 15) is 9.59 Å². The smallest absolute Gasteiger partial charge is 0.326 e. The van der Waals surface area contributed by atoms with E-state index >= 15 is 0 Å². The van der Waals surface area contributed by atoms with Gasteiger partial charge in [0.15, 0.2) is 11.5 Å². The van der Waals surface area contributed by atoms with E-state index < -0.39 is 17.9 Å². The number of nitrogens with two attached hydrogens (primary N) is 1. The van der Waals surface area contributed by atoms with Crippen LogP contribution < -0.4 is 11.1 Å². The van der Waals surface area contributed by atoms with Crippen molar-refractivity contribution in [2.24, 2.45) is 5.92 Å². The number of aliphatic carboxylic acids is 1. The summed E-state index contributed by atoms with van der Waals surface area (Å²) >= 11 is 0. The Hall–Kier alpha value is -2.18. The van der Waals surface area contributed by atoms with Crippen LogP contribution in [0.2, 0.25) is 0 Å². The summed E-state index contributed by atoms with van der Waals surface area (Å²) in [6, 6.07) is -0.959. The number of carbonyl (C=O) groups excluding carboxylic acids is 1. The van der Waals surface area contributed by atoms with Crippen molar-refractivity contribution < 1.29 is 14.7 Å². The standard InChI is InChI=1S/C11H16N4O3/c1-6(2)5-7(11(17)18)15-10(16)8-9(12)14-4-3-13-8/h3-4,6-7H,5H2,1-2H3,(H2,12,14)(H,15,16)(H,17,18). The van der Waals surface area contributed by atoms with Crippen LogP contribution in [0.15, 0.2) is 12.4 Å². The molecule has 0 aromatic carbocycles. The molecule has 0 fully saturated rings.